The van der Waals surface area contributed by atoms with Gasteiger partial charge in [0.1, 0.15) is 0 Å². The molecule has 1 saturated heterocycles. The number of likely N-dealkylation sites (tertiary alicyclic amines) is 1. The number of thioether (sulfide) groups is 1. The molecule has 3 nitrogen and oxygen atoms in total. The molecule has 1 fully saturated rings. The van der Waals surface area contributed by atoms with Crippen LogP contribution in [0.2, 0.25) is 5.02 Å². The lowest BCUT2D eigenvalue weighted by molar-refractivity contribution is 0.0708. The lowest BCUT2D eigenvalue weighted by atomic mass is 10.1. The van der Waals surface area contributed by atoms with Crippen LogP contribution in [0.1, 0.15) is 23.2 Å². The van der Waals surface area contributed by atoms with E-state index in [9.17, 15) is 4.79 Å². The minimum absolute atomic E-state index is 0.00829. The Balaban J connectivity index is 2.22. The Morgan fingerprint density at radius 1 is 1.56 bits per heavy atom. The van der Waals surface area contributed by atoms with Gasteiger partial charge in [-0.05, 0) is 37.3 Å². The summed E-state index contributed by atoms with van der Waals surface area (Å²) >= 11 is 7.72. The largest absolute Gasteiger partial charge is 0.337 e. The number of nitrogens with zero attached hydrogens (tertiary/aromatic N) is 1. The van der Waals surface area contributed by atoms with E-state index in [4.69, 9.17) is 17.3 Å². The summed E-state index contributed by atoms with van der Waals surface area (Å²) in [7, 11) is 0. The molecular weight excluding hydrogens is 268 g/mol. The van der Waals surface area contributed by atoms with Gasteiger partial charge in [-0.25, -0.2) is 0 Å². The van der Waals surface area contributed by atoms with Crippen LogP contribution in [-0.2, 0) is 0 Å². The van der Waals surface area contributed by atoms with Gasteiger partial charge < -0.3 is 10.6 Å². The van der Waals surface area contributed by atoms with Crippen LogP contribution in [-0.4, -0.2) is 36.2 Å². The summed E-state index contributed by atoms with van der Waals surface area (Å²) in [6.07, 6.45) is 3.93. The molecule has 1 aromatic rings. The van der Waals surface area contributed by atoms with E-state index in [1.807, 2.05) is 18.4 Å². The van der Waals surface area contributed by atoms with E-state index in [0.717, 1.165) is 24.3 Å². The number of carbonyl (C=O) groups is 1. The zero-order valence-electron chi connectivity index (χ0n) is 10.4. The summed E-state index contributed by atoms with van der Waals surface area (Å²) in [5.74, 6) is -0.00829. The summed E-state index contributed by atoms with van der Waals surface area (Å²) < 4.78 is 0. The Morgan fingerprint density at radius 3 is 3.00 bits per heavy atom. The number of halogens is 1. The van der Waals surface area contributed by atoms with Crippen molar-refractivity contribution in [1.29, 1.82) is 0 Å². The SMILES string of the molecule is CSc1ccc(Cl)c(C(=O)N2CCC[C@@H](N)C2)c1. The van der Waals surface area contributed by atoms with Gasteiger partial charge in [0.25, 0.3) is 5.91 Å². The van der Waals surface area contributed by atoms with E-state index in [1.54, 1.807) is 22.7 Å². The van der Waals surface area contributed by atoms with Gasteiger partial charge in [0.15, 0.2) is 0 Å². The molecule has 1 amide bonds. The fourth-order valence-electron chi connectivity index (χ4n) is 2.16. The Morgan fingerprint density at radius 2 is 2.33 bits per heavy atom. The molecule has 0 radical (unpaired) electrons. The van der Waals surface area contributed by atoms with Crippen molar-refractivity contribution in [2.45, 2.75) is 23.8 Å². The molecule has 0 aromatic heterocycles. The molecule has 0 bridgehead atoms. The minimum Gasteiger partial charge on any atom is -0.337 e. The third kappa shape index (κ3) is 2.99. The maximum absolute atomic E-state index is 12.4. The standard InChI is InChI=1S/C13H17ClN2OS/c1-18-10-4-5-12(14)11(7-10)13(17)16-6-2-3-9(15)8-16/h4-5,7,9H,2-3,6,8,15H2,1H3/t9-/m1/s1. The highest BCUT2D eigenvalue weighted by Crippen LogP contribution is 2.25. The van der Waals surface area contributed by atoms with Crippen LogP contribution in [0.4, 0.5) is 0 Å². The highest BCUT2D eigenvalue weighted by atomic mass is 35.5. The first kappa shape index (κ1) is 13.7. The summed E-state index contributed by atoms with van der Waals surface area (Å²) in [5, 5.41) is 0.511. The highest BCUT2D eigenvalue weighted by molar-refractivity contribution is 7.98. The quantitative estimate of drug-likeness (QED) is 0.849. The average Bonchev–Trinajstić information content (AvgIpc) is 2.38. The topological polar surface area (TPSA) is 46.3 Å². The molecule has 1 aliphatic rings. The number of hydrogen-bond acceptors (Lipinski definition) is 3. The van der Waals surface area contributed by atoms with Crippen LogP contribution < -0.4 is 5.73 Å². The van der Waals surface area contributed by atoms with Crippen molar-refractivity contribution < 1.29 is 4.79 Å². The molecule has 5 heteroatoms. The summed E-state index contributed by atoms with van der Waals surface area (Å²) in [5.41, 5.74) is 6.49. The molecule has 0 unspecified atom stereocenters. The van der Waals surface area contributed by atoms with Gasteiger partial charge in [0.05, 0.1) is 10.6 Å². The molecule has 98 valence electrons. The number of carbonyl (C=O) groups excluding carboxylic acids is 1. The second-order valence-corrected chi connectivity index (χ2v) is 5.79. The van der Waals surface area contributed by atoms with E-state index >= 15 is 0 Å². The first-order valence-electron chi connectivity index (χ1n) is 6.00. The van der Waals surface area contributed by atoms with Gasteiger partial charge >= 0.3 is 0 Å². The molecule has 1 atom stereocenters. The van der Waals surface area contributed by atoms with Crippen molar-refractivity contribution in [1.82, 2.24) is 4.90 Å². The van der Waals surface area contributed by atoms with Gasteiger partial charge in [-0.15, -0.1) is 11.8 Å². The van der Waals surface area contributed by atoms with Gasteiger partial charge in [-0.3, -0.25) is 4.79 Å². The van der Waals surface area contributed by atoms with Crippen LogP contribution in [0.15, 0.2) is 23.1 Å². The van der Waals surface area contributed by atoms with Crippen LogP contribution in [0.5, 0.6) is 0 Å². The predicted octanol–water partition coefficient (Wildman–Crippen LogP) is 2.63. The second-order valence-electron chi connectivity index (χ2n) is 4.50. The van der Waals surface area contributed by atoms with Gasteiger partial charge in [-0.1, -0.05) is 11.6 Å². The monoisotopic (exact) mass is 284 g/mol. The van der Waals surface area contributed by atoms with E-state index in [-0.39, 0.29) is 11.9 Å². The Hall–Kier alpha value is -0.710. The highest BCUT2D eigenvalue weighted by Gasteiger charge is 2.23. The lowest BCUT2D eigenvalue weighted by Crippen LogP contribution is -2.45. The first-order valence-corrected chi connectivity index (χ1v) is 7.60. The van der Waals surface area contributed by atoms with Crippen LogP contribution in [0.25, 0.3) is 0 Å². The van der Waals surface area contributed by atoms with Crippen molar-refractivity contribution in [2.75, 3.05) is 19.3 Å². The Kier molecular flexibility index (Phi) is 4.54. The van der Waals surface area contributed by atoms with Crippen molar-refractivity contribution >= 4 is 29.3 Å². The third-order valence-electron chi connectivity index (χ3n) is 3.15. The molecular formula is C13H17ClN2OS. The number of nitrogens with two attached hydrogens (primary N) is 1. The summed E-state index contributed by atoms with van der Waals surface area (Å²) in [6, 6.07) is 5.65. The third-order valence-corrected chi connectivity index (χ3v) is 4.20. The van der Waals surface area contributed by atoms with Gasteiger partial charge in [-0.2, -0.15) is 0 Å². The van der Waals surface area contributed by atoms with Gasteiger partial charge in [0, 0.05) is 24.0 Å². The van der Waals surface area contributed by atoms with Crippen LogP contribution in [0.3, 0.4) is 0 Å². The number of piperidine rings is 1. The molecule has 0 saturated carbocycles. The molecule has 2 rings (SSSR count). The molecule has 1 heterocycles. The van der Waals surface area contributed by atoms with Crippen molar-refractivity contribution in [2.24, 2.45) is 5.73 Å². The van der Waals surface area contributed by atoms with Crippen molar-refractivity contribution in [3.63, 3.8) is 0 Å². The zero-order valence-corrected chi connectivity index (χ0v) is 11.9. The number of benzene rings is 1. The predicted molar refractivity (Wildman–Crippen MR) is 76.3 cm³/mol. The fraction of sp³-hybridized carbons (Fsp3) is 0.462. The number of hydrogen-bond donors (Lipinski definition) is 1. The molecule has 1 aliphatic heterocycles. The minimum atomic E-state index is -0.00829. The fourth-order valence-corrected chi connectivity index (χ4v) is 2.80. The van der Waals surface area contributed by atoms with E-state index in [0.29, 0.717) is 17.1 Å². The van der Waals surface area contributed by atoms with E-state index < -0.39 is 0 Å². The molecule has 2 N–H and O–H groups in total. The van der Waals surface area contributed by atoms with Crippen LogP contribution in [0, 0.1) is 0 Å². The molecule has 1 aromatic carbocycles. The maximum atomic E-state index is 12.4. The number of amides is 1. The zero-order chi connectivity index (χ0) is 13.1. The summed E-state index contributed by atoms with van der Waals surface area (Å²) in [4.78, 5) is 15.3. The average molecular weight is 285 g/mol. The van der Waals surface area contributed by atoms with Crippen LogP contribution >= 0.6 is 23.4 Å². The molecule has 0 aliphatic carbocycles. The Labute approximate surface area is 117 Å². The van der Waals surface area contributed by atoms with Crippen molar-refractivity contribution in [3.8, 4) is 0 Å². The first-order chi connectivity index (χ1) is 8.61. The lowest BCUT2D eigenvalue weighted by Gasteiger charge is -2.31. The second kappa shape index (κ2) is 5.95. The van der Waals surface area contributed by atoms with E-state index in [2.05, 4.69) is 0 Å². The normalized spacial score (nSPS) is 19.9. The summed E-state index contributed by atoms with van der Waals surface area (Å²) in [6.45, 7) is 1.39. The smallest absolute Gasteiger partial charge is 0.255 e. The van der Waals surface area contributed by atoms with E-state index in [1.165, 1.54) is 0 Å². The maximum Gasteiger partial charge on any atom is 0.255 e. The number of rotatable bonds is 2. The Bertz CT molecular complexity index is 453. The molecule has 0 spiro atoms. The van der Waals surface area contributed by atoms with Crippen molar-refractivity contribution in [3.05, 3.63) is 28.8 Å². The molecule has 18 heavy (non-hydrogen) atoms. The van der Waals surface area contributed by atoms with Gasteiger partial charge in [0.2, 0.25) is 0 Å².